The van der Waals surface area contributed by atoms with Gasteiger partial charge in [-0.15, -0.1) is 0 Å². The van der Waals surface area contributed by atoms with Gasteiger partial charge in [-0.1, -0.05) is 42.5 Å². The van der Waals surface area contributed by atoms with Crippen LogP contribution in [0.25, 0.3) is 0 Å². The molecular weight excluding hydrogens is 380 g/mol. The van der Waals surface area contributed by atoms with E-state index < -0.39 is 20.6 Å². The Morgan fingerprint density at radius 1 is 1.00 bits per heavy atom. The molecule has 0 aromatic heterocycles. The van der Waals surface area contributed by atoms with Crippen LogP contribution >= 0.6 is 0 Å². The van der Waals surface area contributed by atoms with Gasteiger partial charge >= 0.3 is 0 Å². The van der Waals surface area contributed by atoms with Gasteiger partial charge in [-0.05, 0) is 29.8 Å². The fourth-order valence-electron chi connectivity index (χ4n) is 2.84. The molecule has 144 valence electrons. The molecule has 3 aromatic carbocycles. The average molecular weight is 398 g/mol. The Balaban J connectivity index is 1.94. The molecule has 8 heteroatoms. The molecule has 0 aliphatic rings. The monoisotopic (exact) mass is 398 g/mol. The molecule has 0 saturated heterocycles. The number of rotatable bonds is 7. The highest BCUT2D eigenvalue weighted by Gasteiger charge is 2.25. The van der Waals surface area contributed by atoms with Crippen LogP contribution in [0.15, 0.2) is 77.7 Å². The molecule has 0 heterocycles. The zero-order chi connectivity index (χ0) is 20.1. The van der Waals surface area contributed by atoms with Crippen LogP contribution in [-0.2, 0) is 16.4 Å². The van der Waals surface area contributed by atoms with Crippen LogP contribution in [0.1, 0.15) is 11.1 Å². The number of hydrogen-bond acceptors (Lipinski definition) is 5. The number of sulfonamides is 1. The summed E-state index contributed by atoms with van der Waals surface area (Å²) in [6.45, 7) is 0. The van der Waals surface area contributed by atoms with Crippen LogP contribution < -0.4 is 9.46 Å². The number of nitrogens with zero attached hydrogens (tertiary/aromatic N) is 1. The molecule has 0 atom stereocenters. The van der Waals surface area contributed by atoms with E-state index in [2.05, 4.69) is 4.72 Å². The number of anilines is 1. The Bertz CT molecular complexity index is 1100. The molecule has 0 unspecified atom stereocenters. The largest absolute Gasteiger partial charge is 0.496 e. The van der Waals surface area contributed by atoms with Gasteiger partial charge in [-0.3, -0.25) is 14.8 Å². The first-order valence-corrected chi connectivity index (χ1v) is 9.86. The molecule has 0 spiro atoms. The van der Waals surface area contributed by atoms with Crippen molar-refractivity contribution in [2.24, 2.45) is 0 Å². The van der Waals surface area contributed by atoms with Crippen molar-refractivity contribution in [3.8, 4) is 5.75 Å². The Kier molecular flexibility index (Phi) is 5.60. The number of benzene rings is 3. The number of ether oxygens (including phenoxy) is 1. The zero-order valence-electron chi connectivity index (χ0n) is 15.0. The summed E-state index contributed by atoms with van der Waals surface area (Å²) in [5.74, 6) is 0.623. The van der Waals surface area contributed by atoms with Gasteiger partial charge in [0.2, 0.25) is 0 Å². The van der Waals surface area contributed by atoms with E-state index in [9.17, 15) is 18.5 Å². The minimum Gasteiger partial charge on any atom is -0.496 e. The molecule has 0 aliphatic heterocycles. The Morgan fingerprint density at radius 3 is 2.36 bits per heavy atom. The van der Waals surface area contributed by atoms with Gasteiger partial charge in [-0.25, -0.2) is 8.42 Å². The second kappa shape index (κ2) is 8.10. The molecule has 0 amide bonds. The summed E-state index contributed by atoms with van der Waals surface area (Å²) in [5, 5.41) is 11.2. The molecule has 7 nitrogen and oxygen atoms in total. The van der Waals surface area contributed by atoms with E-state index in [1.165, 1.54) is 18.2 Å². The highest BCUT2D eigenvalue weighted by molar-refractivity contribution is 7.92. The first kappa shape index (κ1) is 19.4. The highest BCUT2D eigenvalue weighted by atomic mass is 32.2. The van der Waals surface area contributed by atoms with Crippen molar-refractivity contribution >= 4 is 21.4 Å². The molecule has 1 N–H and O–H groups in total. The third-order valence-corrected chi connectivity index (χ3v) is 5.55. The van der Waals surface area contributed by atoms with E-state index in [1.54, 1.807) is 25.3 Å². The average Bonchev–Trinajstić information content (AvgIpc) is 2.69. The number of hydrogen-bond donors (Lipinski definition) is 1. The summed E-state index contributed by atoms with van der Waals surface area (Å²) in [6, 6.07) is 19.8. The molecule has 0 fully saturated rings. The van der Waals surface area contributed by atoms with E-state index in [0.29, 0.717) is 17.9 Å². The first-order chi connectivity index (χ1) is 13.4. The van der Waals surface area contributed by atoms with Crippen molar-refractivity contribution in [3.05, 3.63) is 94.0 Å². The third-order valence-electron chi connectivity index (χ3n) is 4.12. The SMILES string of the molecule is COc1ccc(NS(=O)(=O)c2ccccc2[N+](=O)[O-])cc1Cc1ccccc1. The standard InChI is InChI=1S/C20H18N2O5S/c1-27-19-12-11-17(14-16(19)13-15-7-3-2-4-8-15)21-28(25,26)20-10-6-5-9-18(20)22(23)24/h2-12,14,21H,13H2,1H3. The maximum absolute atomic E-state index is 12.7. The summed E-state index contributed by atoms with van der Waals surface area (Å²) in [4.78, 5) is 10.1. The Morgan fingerprint density at radius 2 is 1.68 bits per heavy atom. The van der Waals surface area contributed by atoms with Crippen LogP contribution in [0.5, 0.6) is 5.75 Å². The van der Waals surface area contributed by atoms with Crippen LogP contribution in [0, 0.1) is 10.1 Å². The molecule has 3 rings (SSSR count). The number of nitro groups is 1. The minimum atomic E-state index is -4.13. The fraction of sp³-hybridized carbons (Fsp3) is 0.100. The normalized spacial score (nSPS) is 11.0. The van der Waals surface area contributed by atoms with Gasteiger partial charge in [0, 0.05) is 23.7 Å². The molecule has 0 saturated carbocycles. The van der Waals surface area contributed by atoms with Crippen molar-refractivity contribution in [2.45, 2.75) is 11.3 Å². The fourth-order valence-corrected chi connectivity index (χ4v) is 4.06. The van der Waals surface area contributed by atoms with E-state index in [4.69, 9.17) is 4.74 Å². The second-order valence-electron chi connectivity index (χ2n) is 6.02. The van der Waals surface area contributed by atoms with Gasteiger partial charge in [0.25, 0.3) is 15.7 Å². The predicted molar refractivity (Wildman–Crippen MR) is 106 cm³/mol. The maximum atomic E-state index is 12.7. The van der Waals surface area contributed by atoms with E-state index in [-0.39, 0.29) is 4.90 Å². The van der Waals surface area contributed by atoms with Gasteiger partial charge in [-0.2, -0.15) is 0 Å². The summed E-state index contributed by atoms with van der Waals surface area (Å²) in [6.07, 6.45) is 0.547. The smallest absolute Gasteiger partial charge is 0.289 e. The van der Waals surface area contributed by atoms with E-state index >= 15 is 0 Å². The van der Waals surface area contributed by atoms with E-state index in [0.717, 1.165) is 17.2 Å². The zero-order valence-corrected chi connectivity index (χ0v) is 15.8. The van der Waals surface area contributed by atoms with Gasteiger partial charge in [0.15, 0.2) is 4.90 Å². The Hall–Kier alpha value is -3.39. The number of methoxy groups -OCH3 is 1. The quantitative estimate of drug-likeness (QED) is 0.479. The van der Waals surface area contributed by atoms with Gasteiger partial charge < -0.3 is 4.74 Å². The van der Waals surface area contributed by atoms with Crippen LogP contribution in [0.2, 0.25) is 0 Å². The molecule has 0 aliphatic carbocycles. The lowest BCUT2D eigenvalue weighted by Gasteiger charge is -2.13. The van der Waals surface area contributed by atoms with E-state index in [1.807, 2.05) is 30.3 Å². The molecule has 28 heavy (non-hydrogen) atoms. The van der Waals surface area contributed by atoms with Crippen molar-refractivity contribution in [1.82, 2.24) is 0 Å². The van der Waals surface area contributed by atoms with Crippen LogP contribution in [0.3, 0.4) is 0 Å². The summed E-state index contributed by atoms with van der Waals surface area (Å²) < 4.78 is 33.2. The third kappa shape index (κ3) is 4.29. The topological polar surface area (TPSA) is 98.5 Å². The number of nitro benzene ring substituents is 1. The Labute approximate surface area is 162 Å². The second-order valence-corrected chi connectivity index (χ2v) is 7.67. The molecular formula is C20H18N2O5S. The van der Waals surface area contributed by atoms with Crippen molar-refractivity contribution in [3.63, 3.8) is 0 Å². The summed E-state index contributed by atoms with van der Waals surface area (Å²) in [7, 11) is -2.59. The summed E-state index contributed by atoms with van der Waals surface area (Å²) >= 11 is 0. The van der Waals surface area contributed by atoms with Crippen molar-refractivity contribution in [2.75, 3.05) is 11.8 Å². The summed E-state index contributed by atoms with van der Waals surface area (Å²) in [5.41, 5.74) is 1.65. The van der Waals surface area contributed by atoms with Gasteiger partial charge in [0.1, 0.15) is 5.75 Å². The van der Waals surface area contributed by atoms with Crippen LogP contribution in [0.4, 0.5) is 11.4 Å². The van der Waals surface area contributed by atoms with Crippen molar-refractivity contribution in [1.29, 1.82) is 0 Å². The number of nitrogens with one attached hydrogen (secondary N) is 1. The van der Waals surface area contributed by atoms with Gasteiger partial charge in [0.05, 0.1) is 12.0 Å². The van der Waals surface area contributed by atoms with Crippen LogP contribution in [-0.4, -0.2) is 20.5 Å². The maximum Gasteiger partial charge on any atom is 0.289 e. The lowest BCUT2D eigenvalue weighted by molar-refractivity contribution is -0.387. The lowest BCUT2D eigenvalue weighted by Crippen LogP contribution is -2.15. The molecule has 0 radical (unpaired) electrons. The first-order valence-electron chi connectivity index (χ1n) is 8.38. The van der Waals surface area contributed by atoms with Crippen molar-refractivity contribution < 1.29 is 18.1 Å². The molecule has 3 aromatic rings. The predicted octanol–water partition coefficient (Wildman–Crippen LogP) is 4.00. The highest BCUT2D eigenvalue weighted by Crippen LogP contribution is 2.29. The molecule has 0 bridgehead atoms. The number of para-hydroxylation sites is 1. The lowest BCUT2D eigenvalue weighted by atomic mass is 10.0. The minimum absolute atomic E-state index is 0.296.